The zero-order valence-corrected chi connectivity index (χ0v) is 21.4. The fourth-order valence-electron chi connectivity index (χ4n) is 4.44. The minimum atomic E-state index is -0.844. The number of piperidine rings is 1. The number of likely N-dealkylation sites (tertiary alicyclic amines) is 1. The van der Waals surface area contributed by atoms with Crippen LogP contribution in [0, 0.1) is 12.8 Å². The van der Waals surface area contributed by atoms with Crippen LogP contribution in [0.1, 0.15) is 50.4 Å². The third kappa shape index (κ3) is 6.24. The Hall–Kier alpha value is -3.81. The molecule has 0 atom stereocenters. The Morgan fingerprint density at radius 3 is 2.36 bits per heavy atom. The van der Waals surface area contributed by atoms with Gasteiger partial charge in [0.1, 0.15) is 5.82 Å². The fourth-order valence-corrected chi connectivity index (χ4v) is 4.44. The molecule has 3 aromatic rings. The number of hydrogen-bond donors (Lipinski definition) is 3. The first-order chi connectivity index (χ1) is 17.1. The van der Waals surface area contributed by atoms with Crippen LogP contribution >= 0.6 is 0 Å². The summed E-state index contributed by atoms with van der Waals surface area (Å²) in [5.41, 5.74) is 4.59. The molecule has 36 heavy (non-hydrogen) atoms. The van der Waals surface area contributed by atoms with Crippen LogP contribution in [0.15, 0.2) is 54.6 Å². The first-order valence-corrected chi connectivity index (χ1v) is 12.4. The molecule has 0 saturated carbocycles. The van der Waals surface area contributed by atoms with Gasteiger partial charge in [0.05, 0.1) is 11.4 Å². The second-order valence-corrected chi connectivity index (χ2v) is 10.6. The number of hydrogen-bond acceptors (Lipinski definition) is 3. The van der Waals surface area contributed by atoms with Gasteiger partial charge in [-0.15, -0.1) is 0 Å². The standard InChI is InChI=1S/C28H35N5O3/c1-19-8-10-23(11-9-19)33-25(18-24(31-33)28(2,3)4)30-26(34)29-22-7-5-6-21(17-22)16-20-12-14-32(15-13-20)27(35)36/h5-11,17-18,20H,12-16H2,1-4H3,(H,35,36)(H2,29,30,34). The number of benzene rings is 2. The van der Waals surface area contributed by atoms with Gasteiger partial charge in [-0.3, -0.25) is 5.32 Å². The Bertz CT molecular complexity index is 1220. The lowest BCUT2D eigenvalue weighted by Crippen LogP contribution is -2.37. The molecule has 0 unspecified atom stereocenters. The van der Waals surface area contributed by atoms with E-state index in [1.54, 1.807) is 4.68 Å². The van der Waals surface area contributed by atoms with Gasteiger partial charge in [-0.1, -0.05) is 50.6 Å². The predicted octanol–water partition coefficient (Wildman–Crippen LogP) is 6.05. The third-order valence-electron chi connectivity index (χ3n) is 6.59. The monoisotopic (exact) mass is 489 g/mol. The Kier molecular flexibility index (Phi) is 7.33. The Balaban J connectivity index is 1.44. The van der Waals surface area contributed by atoms with Crippen molar-refractivity contribution in [3.05, 3.63) is 71.4 Å². The number of carboxylic acid groups (broad SMARTS) is 1. The summed E-state index contributed by atoms with van der Waals surface area (Å²) in [5, 5.41) is 19.8. The number of nitrogens with one attached hydrogen (secondary N) is 2. The van der Waals surface area contributed by atoms with Crippen molar-refractivity contribution in [3.63, 3.8) is 0 Å². The molecule has 0 bridgehead atoms. The lowest BCUT2D eigenvalue weighted by atomic mass is 9.90. The van der Waals surface area contributed by atoms with Crippen molar-refractivity contribution >= 4 is 23.6 Å². The zero-order valence-electron chi connectivity index (χ0n) is 21.4. The minimum absolute atomic E-state index is 0.169. The molecular weight excluding hydrogens is 454 g/mol. The number of nitrogens with zero attached hydrogens (tertiary/aromatic N) is 3. The molecule has 8 nitrogen and oxygen atoms in total. The highest BCUT2D eigenvalue weighted by molar-refractivity contribution is 5.99. The number of carbonyl (C=O) groups excluding carboxylic acids is 1. The largest absolute Gasteiger partial charge is 0.465 e. The molecule has 1 aliphatic heterocycles. The second-order valence-electron chi connectivity index (χ2n) is 10.6. The topological polar surface area (TPSA) is 99.5 Å². The first-order valence-electron chi connectivity index (χ1n) is 12.4. The second kappa shape index (κ2) is 10.4. The molecule has 1 saturated heterocycles. The Labute approximate surface area is 212 Å². The molecule has 8 heteroatoms. The Morgan fingerprint density at radius 2 is 1.72 bits per heavy atom. The van der Waals surface area contributed by atoms with Crippen molar-refractivity contribution in [1.82, 2.24) is 14.7 Å². The lowest BCUT2D eigenvalue weighted by molar-refractivity contribution is 0.124. The minimum Gasteiger partial charge on any atom is -0.465 e. The first kappa shape index (κ1) is 25.3. The number of anilines is 2. The van der Waals surface area contributed by atoms with E-state index in [1.165, 1.54) is 4.90 Å². The molecule has 0 radical (unpaired) electrons. The summed E-state index contributed by atoms with van der Waals surface area (Å²) < 4.78 is 1.76. The van der Waals surface area contributed by atoms with E-state index in [0.29, 0.717) is 30.5 Å². The van der Waals surface area contributed by atoms with Gasteiger partial charge in [-0.05, 0) is 61.9 Å². The number of carbonyl (C=O) groups is 2. The molecular formula is C28H35N5O3. The highest BCUT2D eigenvalue weighted by Gasteiger charge is 2.23. The zero-order chi connectivity index (χ0) is 25.9. The average molecular weight is 490 g/mol. The van der Waals surface area contributed by atoms with Crippen LogP contribution in [-0.2, 0) is 11.8 Å². The van der Waals surface area contributed by atoms with Crippen molar-refractivity contribution in [2.45, 2.75) is 52.4 Å². The van der Waals surface area contributed by atoms with Crippen LogP contribution in [0.25, 0.3) is 5.69 Å². The van der Waals surface area contributed by atoms with E-state index in [-0.39, 0.29) is 11.4 Å². The van der Waals surface area contributed by atoms with Gasteiger partial charge in [0.2, 0.25) is 0 Å². The number of urea groups is 1. The fraction of sp³-hybridized carbons (Fsp3) is 0.393. The summed E-state index contributed by atoms with van der Waals surface area (Å²) in [6.45, 7) is 9.46. The van der Waals surface area contributed by atoms with Crippen LogP contribution in [-0.4, -0.2) is 45.0 Å². The molecule has 2 aromatic carbocycles. The van der Waals surface area contributed by atoms with E-state index in [1.807, 2.05) is 55.5 Å². The lowest BCUT2D eigenvalue weighted by Gasteiger charge is -2.30. The highest BCUT2D eigenvalue weighted by atomic mass is 16.4. The SMILES string of the molecule is Cc1ccc(-n2nc(C(C)(C)C)cc2NC(=O)Nc2cccc(CC3CCN(C(=O)O)CC3)c2)cc1. The molecule has 2 heterocycles. The molecule has 3 N–H and O–H groups in total. The summed E-state index contributed by atoms with van der Waals surface area (Å²) in [7, 11) is 0. The molecule has 1 aliphatic rings. The quantitative estimate of drug-likeness (QED) is 0.406. The van der Waals surface area contributed by atoms with Crippen molar-refractivity contribution < 1.29 is 14.7 Å². The number of aromatic nitrogens is 2. The van der Waals surface area contributed by atoms with Crippen LogP contribution in [0.4, 0.5) is 21.1 Å². The van der Waals surface area contributed by atoms with Crippen molar-refractivity contribution in [1.29, 1.82) is 0 Å². The maximum Gasteiger partial charge on any atom is 0.407 e. The summed E-state index contributed by atoms with van der Waals surface area (Å²) in [5.74, 6) is 1.03. The molecule has 1 aromatic heterocycles. The van der Waals surface area contributed by atoms with Gasteiger partial charge in [0.25, 0.3) is 0 Å². The van der Waals surface area contributed by atoms with E-state index >= 15 is 0 Å². The van der Waals surface area contributed by atoms with Crippen LogP contribution in [0.3, 0.4) is 0 Å². The van der Waals surface area contributed by atoms with Crippen LogP contribution in [0.5, 0.6) is 0 Å². The van der Waals surface area contributed by atoms with Gasteiger partial charge >= 0.3 is 12.1 Å². The third-order valence-corrected chi connectivity index (χ3v) is 6.59. The van der Waals surface area contributed by atoms with Gasteiger partial charge in [-0.2, -0.15) is 5.10 Å². The number of aryl methyl sites for hydroxylation is 1. The summed E-state index contributed by atoms with van der Waals surface area (Å²) >= 11 is 0. The van der Waals surface area contributed by atoms with E-state index in [0.717, 1.165) is 41.8 Å². The summed E-state index contributed by atoms with van der Waals surface area (Å²) in [6, 6.07) is 17.4. The molecule has 4 rings (SSSR count). The van der Waals surface area contributed by atoms with Crippen molar-refractivity contribution in [3.8, 4) is 5.69 Å². The van der Waals surface area contributed by atoms with Gasteiger partial charge < -0.3 is 15.3 Å². The van der Waals surface area contributed by atoms with Crippen molar-refractivity contribution in [2.75, 3.05) is 23.7 Å². The van der Waals surface area contributed by atoms with Crippen LogP contribution < -0.4 is 10.6 Å². The van der Waals surface area contributed by atoms with E-state index < -0.39 is 6.09 Å². The summed E-state index contributed by atoms with van der Waals surface area (Å²) in [4.78, 5) is 25.6. The number of rotatable bonds is 5. The summed E-state index contributed by atoms with van der Waals surface area (Å²) in [6.07, 6.45) is 1.72. The predicted molar refractivity (Wildman–Crippen MR) is 142 cm³/mol. The Morgan fingerprint density at radius 1 is 1.03 bits per heavy atom. The molecule has 3 amide bonds. The number of amides is 3. The van der Waals surface area contributed by atoms with Gasteiger partial charge in [-0.25, -0.2) is 14.3 Å². The molecule has 1 fully saturated rings. The van der Waals surface area contributed by atoms with E-state index in [9.17, 15) is 9.59 Å². The molecule has 0 spiro atoms. The van der Waals surface area contributed by atoms with Gasteiger partial charge in [0.15, 0.2) is 0 Å². The van der Waals surface area contributed by atoms with Crippen LogP contribution in [0.2, 0.25) is 0 Å². The van der Waals surface area contributed by atoms with E-state index in [2.05, 4.69) is 37.5 Å². The highest BCUT2D eigenvalue weighted by Crippen LogP contribution is 2.27. The van der Waals surface area contributed by atoms with E-state index in [4.69, 9.17) is 10.2 Å². The molecule has 190 valence electrons. The van der Waals surface area contributed by atoms with Crippen molar-refractivity contribution in [2.24, 2.45) is 5.92 Å². The smallest absolute Gasteiger partial charge is 0.407 e. The maximum atomic E-state index is 13.0. The maximum absolute atomic E-state index is 13.0. The van der Waals surface area contributed by atoms with Gasteiger partial charge in [0, 0.05) is 30.3 Å². The normalized spacial score (nSPS) is 14.5. The molecule has 0 aliphatic carbocycles. The average Bonchev–Trinajstić information content (AvgIpc) is 3.24.